The quantitative estimate of drug-likeness (QED) is 0.560. The second-order valence-electron chi connectivity index (χ2n) is 4.97. The maximum Gasteiger partial charge on any atom is 0.0545 e. The van der Waals surface area contributed by atoms with E-state index in [2.05, 4.69) is 39.1 Å². The molecule has 0 aliphatic heterocycles. The van der Waals surface area contributed by atoms with Crippen LogP contribution in [0.3, 0.4) is 0 Å². The van der Waals surface area contributed by atoms with Crippen molar-refractivity contribution >= 4 is 23.4 Å². The Morgan fingerprint density at radius 1 is 1.28 bits per heavy atom. The van der Waals surface area contributed by atoms with Gasteiger partial charge >= 0.3 is 0 Å². The highest BCUT2D eigenvalue weighted by atomic mass is 35.5. The molecule has 0 bridgehead atoms. The van der Waals surface area contributed by atoms with Crippen LogP contribution in [0.15, 0.2) is 23.1 Å². The summed E-state index contributed by atoms with van der Waals surface area (Å²) in [7, 11) is 0. The highest BCUT2D eigenvalue weighted by molar-refractivity contribution is 8.00. The zero-order chi connectivity index (χ0) is 13.5. The minimum Gasteiger partial charge on any atom is -0.313 e. The number of nitrogens with one attached hydrogen (secondary N) is 1. The van der Waals surface area contributed by atoms with Crippen LogP contribution in [-0.2, 0) is 6.54 Å². The molecule has 0 aliphatic carbocycles. The smallest absolute Gasteiger partial charge is 0.0545 e. The van der Waals surface area contributed by atoms with Crippen molar-refractivity contribution in [3.63, 3.8) is 0 Å². The third-order valence-corrected chi connectivity index (χ3v) is 5.09. The summed E-state index contributed by atoms with van der Waals surface area (Å²) in [5.41, 5.74) is 1.31. The average Bonchev–Trinajstić information content (AvgIpc) is 2.33. The highest BCUT2D eigenvalue weighted by Crippen LogP contribution is 2.35. The predicted octanol–water partition coefficient (Wildman–Crippen LogP) is 4.98. The Morgan fingerprint density at radius 3 is 2.61 bits per heavy atom. The normalized spacial score (nSPS) is 13.0. The summed E-state index contributed by atoms with van der Waals surface area (Å²) in [6.07, 6.45) is 1.16. The average molecular weight is 286 g/mol. The van der Waals surface area contributed by atoms with Gasteiger partial charge in [-0.1, -0.05) is 51.4 Å². The largest absolute Gasteiger partial charge is 0.313 e. The van der Waals surface area contributed by atoms with E-state index in [9.17, 15) is 0 Å². The minimum absolute atomic E-state index is 0.579. The molecule has 0 fully saturated rings. The van der Waals surface area contributed by atoms with Gasteiger partial charge in [-0.2, -0.15) is 0 Å². The molecule has 0 saturated carbocycles. The second kappa shape index (κ2) is 8.08. The van der Waals surface area contributed by atoms with E-state index in [-0.39, 0.29) is 0 Å². The fourth-order valence-corrected chi connectivity index (χ4v) is 2.99. The zero-order valence-electron chi connectivity index (χ0n) is 11.8. The summed E-state index contributed by atoms with van der Waals surface area (Å²) in [6.45, 7) is 10.9. The zero-order valence-corrected chi connectivity index (χ0v) is 13.4. The summed E-state index contributed by atoms with van der Waals surface area (Å²) in [5, 5.41) is 4.91. The molecule has 1 aromatic rings. The van der Waals surface area contributed by atoms with Crippen molar-refractivity contribution in [1.29, 1.82) is 0 Å². The van der Waals surface area contributed by atoms with Crippen LogP contribution in [0.1, 0.15) is 39.7 Å². The van der Waals surface area contributed by atoms with E-state index < -0.39 is 0 Å². The van der Waals surface area contributed by atoms with Crippen molar-refractivity contribution in [3.8, 4) is 0 Å². The van der Waals surface area contributed by atoms with Gasteiger partial charge in [0.2, 0.25) is 0 Å². The highest BCUT2D eigenvalue weighted by Gasteiger charge is 2.14. The lowest BCUT2D eigenvalue weighted by atomic mass is 10.2. The summed E-state index contributed by atoms with van der Waals surface area (Å²) in [5.74, 6) is 0.655. The predicted molar refractivity (Wildman–Crippen MR) is 83.6 cm³/mol. The molecule has 0 radical (unpaired) electrons. The molecule has 0 aromatic heterocycles. The van der Waals surface area contributed by atoms with Gasteiger partial charge in [-0.15, -0.1) is 11.8 Å². The molecule has 1 nitrogen and oxygen atoms in total. The summed E-state index contributed by atoms with van der Waals surface area (Å²) in [6, 6.07) is 6.19. The molecule has 0 aliphatic rings. The fraction of sp³-hybridized carbons (Fsp3) is 0.600. The molecule has 1 aromatic carbocycles. The van der Waals surface area contributed by atoms with Crippen LogP contribution in [0.5, 0.6) is 0 Å². The van der Waals surface area contributed by atoms with Gasteiger partial charge in [0, 0.05) is 16.7 Å². The van der Waals surface area contributed by atoms with E-state index in [0.29, 0.717) is 11.2 Å². The molecule has 102 valence electrons. The van der Waals surface area contributed by atoms with E-state index in [1.807, 2.05) is 23.9 Å². The lowest BCUT2D eigenvalue weighted by Crippen LogP contribution is -2.15. The van der Waals surface area contributed by atoms with Crippen LogP contribution in [0.4, 0.5) is 0 Å². The van der Waals surface area contributed by atoms with Crippen LogP contribution in [0.2, 0.25) is 5.02 Å². The Morgan fingerprint density at radius 2 is 2.00 bits per heavy atom. The van der Waals surface area contributed by atoms with Crippen LogP contribution in [-0.4, -0.2) is 11.8 Å². The van der Waals surface area contributed by atoms with E-state index in [1.54, 1.807) is 0 Å². The Bertz CT molecular complexity index is 366. The molecule has 3 heteroatoms. The van der Waals surface area contributed by atoms with E-state index in [4.69, 9.17) is 11.6 Å². The lowest BCUT2D eigenvalue weighted by Gasteiger charge is -2.18. The summed E-state index contributed by atoms with van der Waals surface area (Å²) < 4.78 is 0. The molecule has 1 rings (SSSR count). The molecular formula is C15H24ClNS. The molecule has 1 atom stereocenters. The Hall–Kier alpha value is -0.180. The van der Waals surface area contributed by atoms with Crippen LogP contribution in [0, 0.1) is 5.92 Å². The van der Waals surface area contributed by atoms with Gasteiger partial charge in [0.05, 0.1) is 5.02 Å². The van der Waals surface area contributed by atoms with Gasteiger partial charge < -0.3 is 5.32 Å². The van der Waals surface area contributed by atoms with Crippen molar-refractivity contribution in [3.05, 3.63) is 28.8 Å². The molecule has 0 spiro atoms. The van der Waals surface area contributed by atoms with Gasteiger partial charge in [-0.25, -0.2) is 0 Å². The van der Waals surface area contributed by atoms with E-state index in [1.165, 1.54) is 10.5 Å². The standard InChI is InChI=1S/C15H24ClNS/c1-5-9-17-10-13-7-6-8-14(16)15(13)18-12(4)11(2)3/h6-8,11-12,17H,5,9-10H2,1-4H3. The Balaban J connectivity index is 2.80. The molecule has 0 heterocycles. The lowest BCUT2D eigenvalue weighted by molar-refractivity contribution is 0.640. The van der Waals surface area contributed by atoms with E-state index >= 15 is 0 Å². The number of halogens is 1. The van der Waals surface area contributed by atoms with Crippen molar-refractivity contribution in [2.45, 2.75) is 50.8 Å². The SMILES string of the molecule is CCCNCc1cccc(Cl)c1SC(C)C(C)C. The van der Waals surface area contributed by atoms with Crippen molar-refractivity contribution < 1.29 is 0 Å². The molecule has 0 amide bonds. The van der Waals surface area contributed by atoms with Gasteiger partial charge in [0.15, 0.2) is 0 Å². The van der Waals surface area contributed by atoms with Gasteiger partial charge in [0.1, 0.15) is 0 Å². The van der Waals surface area contributed by atoms with Crippen LogP contribution >= 0.6 is 23.4 Å². The van der Waals surface area contributed by atoms with Crippen molar-refractivity contribution in [2.24, 2.45) is 5.92 Å². The minimum atomic E-state index is 0.579. The third-order valence-electron chi connectivity index (χ3n) is 3.03. The topological polar surface area (TPSA) is 12.0 Å². The number of rotatable bonds is 7. The van der Waals surface area contributed by atoms with Gasteiger partial charge in [-0.05, 0) is 30.5 Å². The maximum absolute atomic E-state index is 6.34. The first kappa shape index (κ1) is 15.9. The fourth-order valence-electron chi connectivity index (χ4n) is 1.55. The molecule has 0 saturated heterocycles. The van der Waals surface area contributed by atoms with Gasteiger partial charge in [0.25, 0.3) is 0 Å². The molecule has 18 heavy (non-hydrogen) atoms. The molecular weight excluding hydrogens is 262 g/mol. The summed E-state index contributed by atoms with van der Waals surface area (Å²) in [4.78, 5) is 1.24. The number of hydrogen-bond acceptors (Lipinski definition) is 2. The first-order valence-corrected chi connectivity index (χ1v) is 7.96. The third kappa shape index (κ3) is 4.83. The first-order valence-electron chi connectivity index (χ1n) is 6.71. The van der Waals surface area contributed by atoms with Crippen molar-refractivity contribution in [2.75, 3.05) is 6.54 Å². The number of thioether (sulfide) groups is 1. The monoisotopic (exact) mass is 285 g/mol. The maximum atomic E-state index is 6.34. The molecule has 1 N–H and O–H groups in total. The van der Waals surface area contributed by atoms with Crippen molar-refractivity contribution in [1.82, 2.24) is 5.32 Å². The summed E-state index contributed by atoms with van der Waals surface area (Å²) >= 11 is 8.23. The first-order chi connectivity index (χ1) is 8.56. The van der Waals surface area contributed by atoms with Crippen LogP contribution < -0.4 is 5.32 Å². The number of hydrogen-bond donors (Lipinski definition) is 1. The Kier molecular flexibility index (Phi) is 7.13. The van der Waals surface area contributed by atoms with Gasteiger partial charge in [-0.3, -0.25) is 0 Å². The number of benzene rings is 1. The van der Waals surface area contributed by atoms with E-state index in [0.717, 1.165) is 24.5 Å². The second-order valence-corrected chi connectivity index (χ2v) is 6.77. The van der Waals surface area contributed by atoms with Crippen LogP contribution in [0.25, 0.3) is 0 Å². The molecule has 1 unspecified atom stereocenters. The Labute approximate surface area is 121 Å².